The van der Waals surface area contributed by atoms with Crippen LogP contribution in [0, 0.1) is 0 Å². The minimum absolute atomic E-state index is 0.742. The normalized spacial score (nSPS) is 10.6. The van der Waals surface area contributed by atoms with Crippen LogP contribution in [0.15, 0.2) is 60.9 Å². The molecular formula is C18H19N3O. The Hall–Kier alpha value is -2.75. The van der Waals surface area contributed by atoms with Gasteiger partial charge in [-0.2, -0.15) is 0 Å². The van der Waals surface area contributed by atoms with Gasteiger partial charge in [-0.25, -0.2) is 4.98 Å². The molecule has 4 nitrogen and oxygen atoms in total. The summed E-state index contributed by atoms with van der Waals surface area (Å²) in [5.74, 6) is 1.91. The molecule has 1 heterocycles. The maximum atomic E-state index is 5.73. The summed E-state index contributed by atoms with van der Waals surface area (Å²) in [5, 5.41) is 0. The number of benzene rings is 2. The lowest BCUT2D eigenvalue weighted by Gasteiger charge is -2.11. The first-order valence-electron chi connectivity index (χ1n) is 7.22. The number of anilines is 1. The number of methoxy groups -OCH3 is 1. The van der Waals surface area contributed by atoms with Crippen LogP contribution >= 0.6 is 0 Å². The van der Waals surface area contributed by atoms with E-state index in [1.807, 2.05) is 54.9 Å². The zero-order chi connectivity index (χ0) is 15.4. The van der Waals surface area contributed by atoms with Gasteiger partial charge in [0.1, 0.15) is 11.6 Å². The molecule has 0 fully saturated rings. The molecule has 0 amide bonds. The third-order valence-corrected chi connectivity index (χ3v) is 3.68. The van der Waals surface area contributed by atoms with E-state index in [1.165, 1.54) is 5.56 Å². The number of ether oxygens (including phenoxy) is 1. The van der Waals surface area contributed by atoms with Gasteiger partial charge in [-0.3, -0.25) is 0 Å². The average molecular weight is 293 g/mol. The minimum Gasteiger partial charge on any atom is -0.496 e. The summed E-state index contributed by atoms with van der Waals surface area (Å²) >= 11 is 0. The molecule has 2 aromatic carbocycles. The first-order chi connectivity index (χ1) is 10.8. The highest BCUT2D eigenvalue weighted by Gasteiger charge is 2.08. The van der Waals surface area contributed by atoms with Gasteiger partial charge in [0.15, 0.2) is 0 Å². The van der Waals surface area contributed by atoms with Crippen LogP contribution in [0.25, 0.3) is 0 Å². The van der Waals surface area contributed by atoms with Crippen LogP contribution in [-0.4, -0.2) is 16.7 Å². The van der Waals surface area contributed by atoms with Crippen LogP contribution in [0.5, 0.6) is 5.75 Å². The van der Waals surface area contributed by atoms with Crippen molar-refractivity contribution in [2.45, 2.75) is 13.0 Å². The maximum absolute atomic E-state index is 5.73. The molecule has 0 radical (unpaired) electrons. The molecule has 0 unspecified atom stereocenters. The predicted molar refractivity (Wildman–Crippen MR) is 88.0 cm³/mol. The number of nitrogen functional groups attached to an aromatic ring is 1. The Kier molecular flexibility index (Phi) is 4.10. The van der Waals surface area contributed by atoms with Gasteiger partial charge in [0.25, 0.3) is 0 Å². The van der Waals surface area contributed by atoms with Crippen LogP contribution < -0.4 is 10.5 Å². The smallest absolute Gasteiger partial charge is 0.122 e. The van der Waals surface area contributed by atoms with Gasteiger partial charge in [-0.05, 0) is 23.8 Å². The molecule has 0 atom stereocenters. The third-order valence-electron chi connectivity index (χ3n) is 3.68. The Morgan fingerprint density at radius 2 is 1.86 bits per heavy atom. The van der Waals surface area contributed by atoms with Gasteiger partial charge in [0.05, 0.1) is 7.11 Å². The van der Waals surface area contributed by atoms with E-state index < -0.39 is 0 Å². The highest BCUT2D eigenvalue weighted by molar-refractivity contribution is 5.39. The second-order valence-electron chi connectivity index (χ2n) is 5.20. The lowest BCUT2D eigenvalue weighted by Crippen LogP contribution is -2.06. The van der Waals surface area contributed by atoms with Gasteiger partial charge >= 0.3 is 0 Å². The van der Waals surface area contributed by atoms with E-state index in [9.17, 15) is 0 Å². The first kappa shape index (κ1) is 14.2. The summed E-state index contributed by atoms with van der Waals surface area (Å²) < 4.78 is 7.57. The summed E-state index contributed by atoms with van der Waals surface area (Å²) in [6.45, 7) is 0.783. The van der Waals surface area contributed by atoms with Crippen molar-refractivity contribution < 1.29 is 4.74 Å². The standard InChI is InChI=1S/C18H19N3O/c1-22-17-5-3-2-4-15(17)12-18-20-10-11-21(18)13-14-6-8-16(19)9-7-14/h2-11H,12-13,19H2,1H3. The number of aromatic nitrogens is 2. The highest BCUT2D eigenvalue weighted by Crippen LogP contribution is 2.20. The number of rotatable bonds is 5. The Morgan fingerprint density at radius 3 is 2.64 bits per heavy atom. The summed E-state index contributed by atoms with van der Waals surface area (Å²) in [6.07, 6.45) is 4.58. The molecule has 112 valence electrons. The van der Waals surface area contributed by atoms with E-state index in [-0.39, 0.29) is 0 Å². The summed E-state index contributed by atoms with van der Waals surface area (Å²) in [5.41, 5.74) is 8.85. The molecule has 0 aliphatic rings. The van der Waals surface area contributed by atoms with E-state index in [0.717, 1.165) is 35.8 Å². The molecule has 3 aromatic rings. The topological polar surface area (TPSA) is 53.1 Å². The molecule has 0 saturated carbocycles. The lowest BCUT2D eigenvalue weighted by atomic mass is 10.1. The van der Waals surface area contributed by atoms with E-state index >= 15 is 0 Å². The van der Waals surface area contributed by atoms with Crippen molar-refractivity contribution in [3.8, 4) is 5.75 Å². The molecular weight excluding hydrogens is 274 g/mol. The number of para-hydroxylation sites is 1. The molecule has 0 aliphatic heterocycles. The van der Waals surface area contributed by atoms with Crippen LogP contribution in [-0.2, 0) is 13.0 Å². The van der Waals surface area contributed by atoms with Crippen molar-refractivity contribution in [1.29, 1.82) is 0 Å². The monoisotopic (exact) mass is 293 g/mol. The Morgan fingerprint density at radius 1 is 1.09 bits per heavy atom. The molecule has 0 saturated heterocycles. The first-order valence-corrected chi connectivity index (χ1v) is 7.22. The van der Waals surface area contributed by atoms with Crippen LogP contribution in [0.2, 0.25) is 0 Å². The lowest BCUT2D eigenvalue weighted by molar-refractivity contribution is 0.410. The number of hydrogen-bond donors (Lipinski definition) is 1. The van der Waals surface area contributed by atoms with E-state index in [2.05, 4.69) is 15.6 Å². The van der Waals surface area contributed by atoms with Gasteiger partial charge < -0.3 is 15.0 Å². The van der Waals surface area contributed by atoms with Crippen molar-refractivity contribution >= 4 is 5.69 Å². The fourth-order valence-corrected chi connectivity index (χ4v) is 2.49. The predicted octanol–water partition coefficient (Wildman–Crippen LogP) is 3.11. The van der Waals surface area contributed by atoms with Crippen molar-refractivity contribution in [3.63, 3.8) is 0 Å². The zero-order valence-corrected chi connectivity index (χ0v) is 12.6. The van der Waals surface area contributed by atoms with Crippen molar-refractivity contribution in [3.05, 3.63) is 77.9 Å². The fraction of sp³-hybridized carbons (Fsp3) is 0.167. The summed E-state index contributed by atoms with van der Waals surface area (Å²) in [7, 11) is 1.69. The molecule has 1 aromatic heterocycles. The summed E-state index contributed by atoms with van der Waals surface area (Å²) in [6, 6.07) is 16.0. The minimum atomic E-state index is 0.742. The molecule has 2 N–H and O–H groups in total. The quantitative estimate of drug-likeness (QED) is 0.735. The molecule has 0 aliphatic carbocycles. The summed E-state index contributed by atoms with van der Waals surface area (Å²) in [4.78, 5) is 4.48. The molecule has 0 bridgehead atoms. The number of imidazole rings is 1. The van der Waals surface area contributed by atoms with Gasteiger partial charge in [-0.15, -0.1) is 0 Å². The second kappa shape index (κ2) is 6.35. The van der Waals surface area contributed by atoms with E-state index in [1.54, 1.807) is 7.11 Å². The molecule has 22 heavy (non-hydrogen) atoms. The van der Waals surface area contributed by atoms with E-state index in [0.29, 0.717) is 0 Å². The van der Waals surface area contributed by atoms with Crippen molar-refractivity contribution in [2.24, 2.45) is 0 Å². The van der Waals surface area contributed by atoms with Gasteiger partial charge in [0, 0.05) is 36.6 Å². The largest absolute Gasteiger partial charge is 0.496 e. The SMILES string of the molecule is COc1ccccc1Cc1nccn1Cc1ccc(N)cc1. The van der Waals surface area contributed by atoms with Gasteiger partial charge in [-0.1, -0.05) is 30.3 Å². The van der Waals surface area contributed by atoms with Gasteiger partial charge in [0.2, 0.25) is 0 Å². The van der Waals surface area contributed by atoms with Crippen LogP contribution in [0.4, 0.5) is 5.69 Å². The Balaban J connectivity index is 1.81. The number of nitrogens with zero attached hydrogens (tertiary/aromatic N) is 2. The van der Waals surface area contributed by atoms with Crippen molar-refractivity contribution in [2.75, 3.05) is 12.8 Å². The van der Waals surface area contributed by atoms with Crippen LogP contribution in [0.1, 0.15) is 17.0 Å². The fourth-order valence-electron chi connectivity index (χ4n) is 2.49. The number of hydrogen-bond acceptors (Lipinski definition) is 3. The molecule has 3 rings (SSSR count). The molecule has 4 heteroatoms. The van der Waals surface area contributed by atoms with Crippen molar-refractivity contribution in [1.82, 2.24) is 9.55 Å². The third kappa shape index (κ3) is 3.11. The Bertz CT molecular complexity index is 747. The van der Waals surface area contributed by atoms with Crippen LogP contribution in [0.3, 0.4) is 0 Å². The average Bonchev–Trinajstić information content (AvgIpc) is 2.97. The second-order valence-corrected chi connectivity index (χ2v) is 5.20. The maximum Gasteiger partial charge on any atom is 0.122 e. The Labute approximate surface area is 130 Å². The number of nitrogens with two attached hydrogens (primary N) is 1. The van der Waals surface area contributed by atoms with E-state index in [4.69, 9.17) is 10.5 Å². The zero-order valence-electron chi connectivity index (χ0n) is 12.6. The highest BCUT2D eigenvalue weighted by atomic mass is 16.5. The molecule has 0 spiro atoms.